The first-order valence-corrected chi connectivity index (χ1v) is 9.61. The molecule has 0 aliphatic carbocycles. The van der Waals surface area contributed by atoms with Gasteiger partial charge in [0.05, 0.1) is 22.3 Å². The van der Waals surface area contributed by atoms with Crippen molar-refractivity contribution in [1.82, 2.24) is 9.55 Å². The maximum absolute atomic E-state index is 14.4. The van der Waals surface area contributed by atoms with Gasteiger partial charge in [-0.15, -0.1) is 0 Å². The van der Waals surface area contributed by atoms with E-state index in [1.54, 1.807) is 60.7 Å². The lowest BCUT2D eigenvalue weighted by Gasteiger charge is -2.13. The molecule has 0 saturated carbocycles. The Kier molecular flexibility index (Phi) is 5.04. The van der Waals surface area contributed by atoms with E-state index in [2.05, 4.69) is 4.98 Å². The fourth-order valence-corrected chi connectivity index (χ4v) is 3.79. The summed E-state index contributed by atoms with van der Waals surface area (Å²) in [5.41, 5.74) is 0.830. The molecule has 138 valence electrons. The van der Waals surface area contributed by atoms with Crippen molar-refractivity contribution in [2.75, 3.05) is 5.75 Å². The quantitative estimate of drug-likeness (QED) is 0.286. The zero-order chi connectivity index (χ0) is 19.5. The number of hydrogen-bond acceptors (Lipinski definition) is 4. The van der Waals surface area contributed by atoms with Gasteiger partial charge in [0.15, 0.2) is 10.9 Å². The van der Waals surface area contributed by atoms with Crippen molar-refractivity contribution in [2.45, 2.75) is 5.16 Å². The minimum atomic E-state index is -0.530. The lowest BCUT2D eigenvalue weighted by molar-refractivity contribution is 0.102. The van der Waals surface area contributed by atoms with Crippen molar-refractivity contribution < 1.29 is 9.18 Å². The van der Waals surface area contributed by atoms with E-state index in [0.717, 1.165) is 11.8 Å². The van der Waals surface area contributed by atoms with Crippen LogP contribution in [0.15, 0.2) is 88.8 Å². The van der Waals surface area contributed by atoms with Crippen LogP contribution >= 0.6 is 11.8 Å². The molecule has 0 atom stereocenters. The highest BCUT2D eigenvalue weighted by Gasteiger charge is 2.17. The molecule has 0 N–H and O–H groups in total. The molecular formula is C22H15FN2O2S. The Morgan fingerprint density at radius 1 is 0.929 bits per heavy atom. The first-order valence-electron chi connectivity index (χ1n) is 8.63. The average Bonchev–Trinajstić information content (AvgIpc) is 2.73. The third-order valence-electron chi connectivity index (χ3n) is 4.27. The minimum Gasteiger partial charge on any atom is -0.293 e. The van der Waals surface area contributed by atoms with Crippen molar-refractivity contribution in [3.63, 3.8) is 0 Å². The molecule has 4 nitrogen and oxygen atoms in total. The number of rotatable bonds is 5. The standard InChI is InChI=1S/C22H15FN2O2S/c23-17-11-5-7-13-19(17)25-21(27)16-10-4-6-12-18(16)24-22(25)28-14-20(26)15-8-2-1-3-9-15/h1-13H,14H2. The molecule has 0 unspecified atom stereocenters. The summed E-state index contributed by atoms with van der Waals surface area (Å²) in [6.07, 6.45) is 0. The van der Waals surface area contributed by atoms with Gasteiger partial charge in [-0.1, -0.05) is 66.4 Å². The number of thioether (sulfide) groups is 1. The van der Waals surface area contributed by atoms with Gasteiger partial charge >= 0.3 is 0 Å². The minimum absolute atomic E-state index is 0.0866. The lowest BCUT2D eigenvalue weighted by Crippen LogP contribution is -2.23. The molecule has 1 heterocycles. The number of carbonyl (C=O) groups excluding carboxylic acids is 1. The zero-order valence-electron chi connectivity index (χ0n) is 14.7. The molecule has 1 aromatic heterocycles. The maximum atomic E-state index is 14.4. The second-order valence-electron chi connectivity index (χ2n) is 6.08. The molecule has 28 heavy (non-hydrogen) atoms. The summed E-state index contributed by atoms with van der Waals surface area (Å²) in [7, 11) is 0. The fraction of sp³-hybridized carbons (Fsp3) is 0.0455. The topological polar surface area (TPSA) is 52.0 Å². The smallest absolute Gasteiger partial charge is 0.266 e. The van der Waals surface area contributed by atoms with Crippen molar-refractivity contribution >= 4 is 28.4 Å². The molecule has 0 spiro atoms. The third kappa shape index (κ3) is 3.46. The Labute approximate surface area is 164 Å². The van der Waals surface area contributed by atoms with E-state index in [0.29, 0.717) is 16.5 Å². The second-order valence-corrected chi connectivity index (χ2v) is 7.02. The van der Waals surface area contributed by atoms with Crippen LogP contribution in [0.2, 0.25) is 0 Å². The van der Waals surface area contributed by atoms with E-state index in [1.165, 1.54) is 16.7 Å². The molecule has 4 rings (SSSR count). The van der Waals surface area contributed by atoms with E-state index in [9.17, 15) is 14.0 Å². The van der Waals surface area contributed by atoms with Gasteiger partial charge in [0.2, 0.25) is 0 Å². The fourth-order valence-electron chi connectivity index (χ4n) is 2.89. The SMILES string of the molecule is O=C(CSc1nc2ccccc2c(=O)n1-c1ccccc1F)c1ccccc1. The lowest BCUT2D eigenvalue weighted by atomic mass is 10.2. The maximum Gasteiger partial charge on any atom is 0.266 e. The summed E-state index contributed by atoms with van der Waals surface area (Å²) in [4.78, 5) is 30.1. The largest absolute Gasteiger partial charge is 0.293 e. The molecule has 0 aliphatic heterocycles. The van der Waals surface area contributed by atoms with Crippen LogP contribution in [-0.4, -0.2) is 21.1 Å². The summed E-state index contributed by atoms with van der Waals surface area (Å²) >= 11 is 1.12. The average molecular weight is 390 g/mol. The van der Waals surface area contributed by atoms with Crippen LogP contribution in [0.1, 0.15) is 10.4 Å². The molecule has 0 saturated heterocycles. The van der Waals surface area contributed by atoms with Crippen molar-refractivity contribution in [3.05, 3.63) is 101 Å². The van der Waals surface area contributed by atoms with Crippen LogP contribution in [-0.2, 0) is 0 Å². The molecule has 0 radical (unpaired) electrons. The van der Waals surface area contributed by atoms with Crippen molar-refractivity contribution in [3.8, 4) is 5.69 Å². The van der Waals surface area contributed by atoms with Gasteiger partial charge in [-0.3, -0.25) is 14.2 Å². The first kappa shape index (κ1) is 18.1. The van der Waals surface area contributed by atoms with Crippen LogP contribution in [0.5, 0.6) is 0 Å². The molecule has 3 aromatic carbocycles. The van der Waals surface area contributed by atoms with Crippen LogP contribution in [0.25, 0.3) is 16.6 Å². The number of fused-ring (bicyclic) bond motifs is 1. The summed E-state index contributed by atoms with van der Waals surface area (Å²) in [6, 6.07) is 21.8. The number of Topliss-reactive ketones (excluding diaryl/α,β-unsaturated/α-hetero) is 1. The van der Waals surface area contributed by atoms with E-state index >= 15 is 0 Å². The molecule has 6 heteroatoms. The van der Waals surface area contributed by atoms with Gasteiger partial charge in [-0.25, -0.2) is 9.37 Å². The van der Waals surface area contributed by atoms with Crippen LogP contribution in [0, 0.1) is 5.82 Å². The normalized spacial score (nSPS) is 10.9. The van der Waals surface area contributed by atoms with Crippen LogP contribution in [0.4, 0.5) is 4.39 Å². The molecular weight excluding hydrogens is 375 g/mol. The van der Waals surface area contributed by atoms with Crippen molar-refractivity contribution in [2.24, 2.45) is 0 Å². The monoisotopic (exact) mass is 390 g/mol. The van der Waals surface area contributed by atoms with Gasteiger partial charge in [0.1, 0.15) is 5.82 Å². The van der Waals surface area contributed by atoms with Gasteiger partial charge in [0, 0.05) is 5.56 Å². The number of para-hydroxylation sites is 2. The Bertz CT molecular complexity index is 1220. The Morgan fingerprint density at radius 2 is 1.61 bits per heavy atom. The van der Waals surface area contributed by atoms with E-state index in [1.807, 2.05) is 6.07 Å². The Balaban J connectivity index is 1.80. The second kappa shape index (κ2) is 7.78. The summed E-state index contributed by atoms with van der Waals surface area (Å²) in [5.74, 6) is -0.533. The first-order chi connectivity index (χ1) is 13.6. The molecule has 0 bridgehead atoms. The van der Waals surface area contributed by atoms with Crippen LogP contribution < -0.4 is 5.56 Å². The number of nitrogens with zero attached hydrogens (tertiary/aromatic N) is 2. The van der Waals surface area contributed by atoms with Gasteiger partial charge in [-0.2, -0.15) is 0 Å². The summed E-state index contributed by atoms with van der Waals surface area (Å²) < 4.78 is 15.7. The Morgan fingerprint density at radius 3 is 2.39 bits per heavy atom. The highest BCUT2D eigenvalue weighted by atomic mass is 32.2. The number of benzene rings is 3. The summed E-state index contributed by atoms with van der Waals surface area (Å²) in [6.45, 7) is 0. The summed E-state index contributed by atoms with van der Waals surface area (Å²) in [5, 5.41) is 0.669. The number of carbonyl (C=O) groups is 1. The number of ketones is 1. The number of halogens is 1. The van der Waals surface area contributed by atoms with Gasteiger partial charge in [0.25, 0.3) is 5.56 Å². The number of aromatic nitrogens is 2. The van der Waals surface area contributed by atoms with Crippen LogP contribution in [0.3, 0.4) is 0 Å². The number of hydrogen-bond donors (Lipinski definition) is 0. The highest BCUT2D eigenvalue weighted by Crippen LogP contribution is 2.23. The molecule has 0 aliphatic rings. The molecule has 0 fully saturated rings. The van der Waals surface area contributed by atoms with E-state index in [4.69, 9.17) is 0 Å². The third-order valence-corrected chi connectivity index (χ3v) is 5.20. The molecule has 0 amide bonds. The van der Waals surface area contributed by atoms with Gasteiger partial charge in [-0.05, 0) is 24.3 Å². The predicted octanol–water partition coefficient (Wildman–Crippen LogP) is 4.50. The molecule has 4 aromatic rings. The predicted molar refractivity (Wildman–Crippen MR) is 109 cm³/mol. The van der Waals surface area contributed by atoms with Gasteiger partial charge < -0.3 is 0 Å². The Hall–Kier alpha value is -3.25. The van der Waals surface area contributed by atoms with E-state index < -0.39 is 5.82 Å². The van der Waals surface area contributed by atoms with Crippen molar-refractivity contribution in [1.29, 1.82) is 0 Å². The van der Waals surface area contributed by atoms with E-state index in [-0.39, 0.29) is 27.9 Å². The highest BCUT2D eigenvalue weighted by molar-refractivity contribution is 7.99. The zero-order valence-corrected chi connectivity index (χ0v) is 15.5.